The van der Waals surface area contributed by atoms with Crippen LogP contribution in [-0.2, 0) is 16.8 Å². The van der Waals surface area contributed by atoms with E-state index in [-0.39, 0.29) is 68.2 Å². The molecule has 0 saturated heterocycles. The molecule has 0 aromatic rings. The Morgan fingerprint density at radius 1 is 0.857 bits per heavy atom. The van der Waals surface area contributed by atoms with Crippen LogP contribution in [0.2, 0.25) is 0 Å². The summed E-state index contributed by atoms with van der Waals surface area (Å²) in [6.45, 7) is 1.19. The van der Waals surface area contributed by atoms with Crippen LogP contribution in [0.1, 0.15) is 0 Å². The molecule has 0 saturated carbocycles. The number of carbonyl (C=O) groups excluding carboxylic acids is 2. The molecule has 0 rings (SSSR count). The van der Waals surface area contributed by atoms with Crippen LogP contribution in [-0.4, -0.2) is 25.4 Å². The Morgan fingerprint density at radius 2 is 0.929 bits per heavy atom. The van der Waals surface area contributed by atoms with Gasteiger partial charge in [0.2, 0.25) is 0 Å². The summed E-state index contributed by atoms with van der Waals surface area (Å²) in [5.74, 6) is 0. The van der Waals surface area contributed by atoms with Gasteiger partial charge in [-0.15, -0.1) is 0 Å². The van der Waals surface area contributed by atoms with Crippen LogP contribution < -0.4 is 83.3 Å². The molecule has 0 heterocycles. The third kappa shape index (κ3) is 660. The van der Waals surface area contributed by atoms with Gasteiger partial charge in [-0.2, -0.15) is 0 Å². The molecule has 0 amide bonds. The number of hydrogen-bond donors (Lipinski definition) is 2. The van der Waals surface area contributed by atoms with Gasteiger partial charge in [0.15, 0.2) is 0 Å². The van der Waals surface area contributed by atoms with Crippen LogP contribution in [0, 0.1) is 0 Å². The second-order valence-electron chi connectivity index (χ2n) is 1.08. The van der Waals surface area contributed by atoms with Gasteiger partial charge in [-0.05, 0) is 12.3 Å². The van der Waals surface area contributed by atoms with Crippen molar-refractivity contribution in [3.8, 4) is 0 Å². The molecule has 80 valence electrons. The van der Waals surface area contributed by atoms with Gasteiger partial charge < -0.3 is 41.5 Å². The zero-order valence-electron chi connectivity index (χ0n) is 7.35. The molecule has 0 aromatic carbocycles. The van der Waals surface area contributed by atoms with Crippen molar-refractivity contribution in [1.29, 1.82) is 0 Å². The monoisotopic (exact) mass is 278 g/mol. The summed E-state index contributed by atoms with van der Waals surface area (Å²) < 4.78 is 0. The van der Waals surface area contributed by atoms with E-state index >= 15 is 0 Å². The molecule has 8 nitrogen and oxygen atoms in total. The van der Waals surface area contributed by atoms with Gasteiger partial charge in [0.1, 0.15) is 0 Å². The molecule has 0 atom stereocenters. The van der Waals surface area contributed by atoms with E-state index in [0.29, 0.717) is 13.1 Å². The molecule has 0 aliphatic rings. The molecule has 0 aromatic heterocycles. The quantitative estimate of drug-likeness (QED) is 0.443. The van der Waals surface area contributed by atoms with Crippen LogP contribution in [0.15, 0.2) is 0 Å². The summed E-state index contributed by atoms with van der Waals surface area (Å²) in [5, 5.41) is 33.3. The first kappa shape index (κ1) is 29.3. The van der Waals surface area contributed by atoms with E-state index in [1.54, 1.807) is 0 Å². The molecule has 0 aliphatic heterocycles. The van der Waals surface area contributed by atoms with Crippen molar-refractivity contribution >= 4 is 12.3 Å². The predicted molar refractivity (Wildman–Crippen MR) is 28.9 cm³/mol. The Morgan fingerprint density at radius 3 is 0.929 bits per heavy atom. The number of carbonyl (C=O) groups is 2. The second kappa shape index (κ2) is 29.2. The molecule has 4 N–H and O–H groups in total. The molecular weight excluding hydrogens is 270 g/mol. The molecule has 14 heavy (non-hydrogen) atoms. The first-order valence-electron chi connectivity index (χ1n) is 2.54. The minimum Gasteiger partial charge on any atom is -0.652 e. The Labute approximate surface area is 133 Å². The number of carboxylic acid groups (broad SMARTS) is 4. The Hall–Kier alpha value is 0.603. The zero-order chi connectivity index (χ0) is 10.6. The van der Waals surface area contributed by atoms with Gasteiger partial charge in [0, 0.05) is 13.1 Å². The van der Waals surface area contributed by atoms with Gasteiger partial charge in [-0.3, -0.25) is 0 Å². The maximum atomic E-state index is 8.33. The molecular formula is C4H8CoKN2O6. The predicted octanol–water partition coefficient (Wildman–Crippen LogP) is -8.99. The van der Waals surface area contributed by atoms with E-state index in [9.17, 15) is 0 Å². The Kier molecular flexibility index (Phi) is 61.1. The Balaban J connectivity index is -0.0000000270. The maximum absolute atomic E-state index is 8.33. The summed E-state index contributed by atoms with van der Waals surface area (Å²) in [5.41, 5.74) is 9.81. The van der Waals surface area contributed by atoms with Gasteiger partial charge >= 0.3 is 68.2 Å². The van der Waals surface area contributed by atoms with E-state index in [2.05, 4.69) is 0 Å². The molecule has 0 aliphatic carbocycles. The van der Waals surface area contributed by atoms with Crippen molar-refractivity contribution in [2.24, 2.45) is 11.5 Å². The zero-order valence-corrected chi connectivity index (χ0v) is 11.5. The summed E-state index contributed by atoms with van der Waals surface area (Å²) in [6, 6.07) is 0. The number of nitrogens with two attached hydrogens (primary N) is 2. The fourth-order valence-electron chi connectivity index (χ4n) is 0. The van der Waals surface area contributed by atoms with Gasteiger partial charge in [0.05, 0.1) is 0 Å². The molecule has 0 spiro atoms. The fraction of sp³-hybridized carbons (Fsp3) is 0.500. The van der Waals surface area contributed by atoms with E-state index in [1.807, 2.05) is 0 Å². The van der Waals surface area contributed by atoms with Crippen LogP contribution in [0.4, 0.5) is 9.59 Å². The summed E-state index contributed by atoms with van der Waals surface area (Å²) in [7, 11) is 0. The molecule has 10 heteroatoms. The van der Waals surface area contributed by atoms with E-state index in [4.69, 9.17) is 41.5 Å². The van der Waals surface area contributed by atoms with Gasteiger partial charge in [-0.25, -0.2) is 0 Å². The Bertz CT molecular complexity index is 104. The minimum atomic E-state index is -2.33. The molecule has 0 fully saturated rings. The smallest absolute Gasteiger partial charge is 0.652 e. The van der Waals surface area contributed by atoms with Gasteiger partial charge in [0.25, 0.3) is 0 Å². The number of hydrogen-bond acceptors (Lipinski definition) is 8. The summed E-state index contributed by atoms with van der Waals surface area (Å²) >= 11 is 0. The van der Waals surface area contributed by atoms with Crippen molar-refractivity contribution in [2.75, 3.05) is 13.1 Å². The van der Waals surface area contributed by atoms with E-state index in [0.717, 1.165) is 0 Å². The second-order valence-corrected chi connectivity index (χ2v) is 1.08. The maximum Gasteiger partial charge on any atom is 3.00 e. The summed E-state index contributed by atoms with van der Waals surface area (Å²) in [6.07, 6.45) is -4.67. The molecule has 0 radical (unpaired) electrons. The third-order valence-corrected chi connectivity index (χ3v) is 0.167. The fourth-order valence-corrected chi connectivity index (χ4v) is 0. The average Bonchev–Trinajstić information content (AvgIpc) is 1.85. The van der Waals surface area contributed by atoms with E-state index < -0.39 is 12.3 Å². The number of rotatable bonds is 1. The molecule has 0 unspecified atom stereocenters. The van der Waals surface area contributed by atoms with Gasteiger partial charge in [-0.1, -0.05) is 0 Å². The normalized spacial score (nSPS) is 5.57. The third-order valence-electron chi connectivity index (χ3n) is 0.167. The van der Waals surface area contributed by atoms with Crippen molar-refractivity contribution in [3.05, 3.63) is 0 Å². The van der Waals surface area contributed by atoms with Crippen LogP contribution in [0.3, 0.4) is 0 Å². The average molecular weight is 278 g/mol. The van der Waals surface area contributed by atoms with Crippen molar-refractivity contribution < 1.29 is 98.2 Å². The first-order valence-corrected chi connectivity index (χ1v) is 2.54. The van der Waals surface area contributed by atoms with Crippen molar-refractivity contribution in [1.82, 2.24) is 0 Å². The van der Waals surface area contributed by atoms with Crippen molar-refractivity contribution in [3.63, 3.8) is 0 Å². The van der Waals surface area contributed by atoms with Crippen LogP contribution >= 0.6 is 0 Å². The molecule has 0 bridgehead atoms. The first-order chi connectivity index (χ1) is 5.38. The standard InChI is InChI=1S/C2H8N2.2CH2O3.Co.K/c3-1-2-4;2*2-1(3)4;;/h1-4H2;2*(H2,2,3,4);;/q;;;+3;+1/p-4. The van der Waals surface area contributed by atoms with E-state index in [1.165, 1.54) is 0 Å². The van der Waals surface area contributed by atoms with Crippen LogP contribution in [0.5, 0.6) is 0 Å². The SMILES string of the molecule is NCCN.O=C([O-])[O-].O=C([O-])[O-].[Co+3].[K+]. The summed E-state index contributed by atoms with van der Waals surface area (Å²) in [4.78, 5) is 16.7. The topological polar surface area (TPSA) is 178 Å². The largest absolute Gasteiger partial charge is 3.00 e. The van der Waals surface area contributed by atoms with Crippen molar-refractivity contribution in [2.45, 2.75) is 0 Å². The minimum absolute atomic E-state index is 0. The van der Waals surface area contributed by atoms with Crippen LogP contribution in [0.25, 0.3) is 0 Å².